The van der Waals surface area contributed by atoms with Crippen molar-refractivity contribution in [1.82, 2.24) is 15.2 Å². The zero-order valence-electron chi connectivity index (χ0n) is 12.6. The molecule has 3 heteroatoms. The molecule has 1 fully saturated rings. The van der Waals surface area contributed by atoms with Gasteiger partial charge in [-0.15, -0.1) is 0 Å². The van der Waals surface area contributed by atoms with Crippen LogP contribution in [0.25, 0.3) is 0 Å². The molecule has 0 aliphatic carbocycles. The summed E-state index contributed by atoms with van der Waals surface area (Å²) in [5, 5.41) is 3.62. The first kappa shape index (κ1) is 14.5. The number of hydrogen-bond acceptors (Lipinski definition) is 3. The molecule has 2 heterocycles. The molecule has 0 saturated carbocycles. The number of pyridine rings is 1. The number of piperidine rings is 1. The SMILES string of the molecule is CCNC1CCN(C(C)c2ccccn2)C(C)C1C. The van der Waals surface area contributed by atoms with E-state index < -0.39 is 0 Å². The van der Waals surface area contributed by atoms with Crippen molar-refractivity contribution in [3.8, 4) is 0 Å². The van der Waals surface area contributed by atoms with Gasteiger partial charge in [-0.2, -0.15) is 0 Å². The predicted molar refractivity (Wildman–Crippen MR) is 80.1 cm³/mol. The first-order valence-electron chi connectivity index (χ1n) is 7.55. The number of hydrogen-bond donors (Lipinski definition) is 1. The van der Waals surface area contributed by atoms with Crippen molar-refractivity contribution >= 4 is 0 Å². The second kappa shape index (κ2) is 6.49. The van der Waals surface area contributed by atoms with Crippen LogP contribution < -0.4 is 5.32 Å². The largest absolute Gasteiger partial charge is 0.314 e. The van der Waals surface area contributed by atoms with Gasteiger partial charge in [0.05, 0.1) is 5.69 Å². The molecule has 0 spiro atoms. The Morgan fingerprint density at radius 2 is 2.21 bits per heavy atom. The van der Waals surface area contributed by atoms with Crippen LogP contribution in [0.15, 0.2) is 24.4 Å². The summed E-state index contributed by atoms with van der Waals surface area (Å²) in [6.07, 6.45) is 3.13. The fourth-order valence-electron chi connectivity index (χ4n) is 3.28. The van der Waals surface area contributed by atoms with E-state index in [2.05, 4.69) is 55.0 Å². The smallest absolute Gasteiger partial charge is 0.0572 e. The number of aromatic nitrogens is 1. The number of nitrogens with zero attached hydrogens (tertiary/aromatic N) is 2. The maximum atomic E-state index is 4.51. The Labute approximate surface area is 117 Å². The summed E-state index contributed by atoms with van der Waals surface area (Å²) in [5.41, 5.74) is 1.18. The van der Waals surface area contributed by atoms with E-state index >= 15 is 0 Å². The second-order valence-electron chi connectivity index (χ2n) is 5.72. The molecule has 3 nitrogen and oxygen atoms in total. The van der Waals surface area contributed by atoms with Gasteiger partial charge in [-0.1, -0.05) is 19.9 Å². The van der Waals surface area contributed by atoms with Gasteiger partial charge >= 0.3 is 0 Å². The number of rotatable bonds is 4. The quantitative estimate of drug-likeness (QED) is 0.903. The lowest BCUT2D eigenvalue weighted by Crippen LogP contribution is -2.53. The van der Waals surface area contributed by atoms with E-state index in [0.717, 1.165) is 13.1 Å². The number of likely N-dealkylation sites (tertiary alicyclic amines) is 1. The zero-order valence-corrected chi connectivity index (χ0v) is 12.6. The van der Waals surface area contributed by atoms with Gasteiger partial charge in [-0.3, -0.25) is 9.88 Å². The molecular weight excluding hydrogens is 234 g/mol. The molecule has 0 radical (unpaired) electrons. The molecule has 1 aromatic heterocycles. The Hall–Kier alpha value is -0.930. The van der Waals surface area contributed by atoms with E-state index in [9.17, 15) is 0 Å². The minimum Gasteiger partial charge on any atom is -0.314 e. The Kier molecular flexibility index (Phi) is 4.94. The van der Waals surface area contributed by atoms with Crippen LogP contribution in [-0.2, 0) is 0 Å². The van der Waals surface area contributed by atoms with Crippen molar-refractivity contribution < 1.29 is 0 Å². The lowest BCUT2D eigenvalue weighted by molar-refractivity contribution is 0.0514. The topological polar surface area (TPSA) is 28.2 Å². The first-order valence-corrected chi connectivity index (χ1v) is 7.55. The lowest BCUT2D eigenvalue weighted by Gasteiger charge is -2.45. The third-order valence-electron chi connectivity index (χ3n) is 4.70. The second-order valence-corrected chi connectivity index (χ2v) is 5.72. The molecule has 4 unspecified atom stereocenters. The molecule has 0 bridgehead atoms. The lowest BCUT2D eigenvalue weighted by atomic mass is 9.85. The van der Waals surface area contributed by atoms with Crippen LogP contribution in [0.4, 0.5) is 0 Å². The minimum atomic E-state index is 0.404. The highest BCUT2D eigenvalue weighted by molar-refractivity contribution is 5.09. The maximum absolute atomic E-state index is 4.51. The molecule has 1 aliphatic rings. The summed E-state index contributed by atoms with van der Waals surface area (Å²) in [6.45, 7) is 11.4. The fraction of sp³-hybridized carbons (Fsp3) is 0.688. The van der Waals surface area contributed by atoms with Gasteiger partial charge in [-0.05, 0) is 44.9 Å². The minimum absolute atomic E-state index is 0.404. The van der Waals surface area contributed by atoms with Crippen molar-refractivity contribution in [3.63, 3.8) is 0 Å². The van der Waals surface area contributed by atoms with Gasteiger partial charge in [0, 0.05) is 30.9 Å². The Balaban J connectivity index is 2.06. The van der Waals surface area contributed by atoms with E-state index in [-0.39, 0.29) is 0 Å². The third kappa shape index (κ3) is 3.15. The van der Waals surface area contributed by atoms with Crippen molar-refractivity contribution in [2.45, 2.75) is 52.2 Å². The molecule has 2 rings (SSSR count). The van der Waals surface area contributed by atoms with Gasteiger partial charge in [0.2, 0.25) is 0 Å². The summed E-state index contributed by atoms with van der Waals surface area (Å²) < 4.78 is 0. The molecular formula is C16H27N3. The van der Waals surface area contributed by atoms with E-state index in [1.165, 1.54) is 12.1 Å². The molecule has 106 valence electrons. The van der Waals surface area contributed by atoms with Crippen molar-refractivity contribution in [3.05, 3.63) is 30.1 Å². The highest BCUT2D eigenvalue weighted by Crippen LogP contribution is 2.30. The van der Waals surface area contributed by atoms with Crippen molar-refractivity contribution in [2.75, 3.05) is 13.1 Å². The summed E-state index contributed by atoms with van der Waals surface area (Å²) in [5.74, 6) is 0.680. The van der Waals surface area contributed by atoms with E-state index in [1.807, 2.05) is 12.3 Å². The first-order chi connectivity index (χ1) is 9.15. The van der Waals surface area contributed by atoms with Crippen molar-refractivity contribution in [2.24, 2.45) is 5.92 Å². The average Bonchev–Trinajstić information content (AvgIpc) is 2.45. The fourth-order valence-corrected chi connectivity index (χ4v) is 3.28. The Morgan fingerprint density at radius 3 is 2.84 bits per heavy atom. The molecule has 1 aromatic rings. The van der Waals surface area contributed by atoms with Gasteiger partial charge in [0.1, 0.15) is 0 Å². The molecule has 1 saturated heterocycles. The summed E-state index contributed by atoms with van der Waals surface area (Å²) in [7, 11) is 0. The predicted octanol–water partition coefficient (Wildman–Crippen LogP) is 2.85. The molecule has 0 aromatic carbocycles. The summed E-state index contributed by atoms with van der Waals surface area (Å²) >= 11 is 0. The van der Waals surface area contributed by atoms with Crippen LogP contribution in [-0.4, -0.2) is 35.1 Å². The van der Waals surface area contributed by atoms with Crippen LogP contribution in [0.3, 0.4) is 0 Å². The Morgan fingerprint density at radius 1 is 1.42 bits per heavy atom. The highest BCUT2D eigenvalue weighted by atomic mass is 15.2. The molecule has 1 aliphatic heterocycles. The van der Waals surface area contributed by atoms with Gasteiger partial charge in [0.15, 0.2) is 0 Å². The van der Waals surface area contributed by atoms with E-state index in [4.69, 9.17) is 0 Å². The Bertz CT molecular complexity index is 379. The van der Waals surface area contributed by atoms with Crippen LogP contribution in [0, 0.1) is 5.92 Å². The summed E-state index contributed by atoms with van der Waals surface area (Å²) in [4.78, 5) is 7.11. The average molecular weight is 261 g/mol. The van der Waals surface area contributed by atoms with Crippen LogP contribution in [0.2, 0.25) is 0 Å². The highest BCUT2D eigenvalue weighted by Gasteiger charge is 2.34. The van der Waals surface area contributed by atoms with Crippen LogP contribution >= 0.6 is 0 Å². The maximum Gasteiger partial charge on any atom is 0.0572 e. The zero-order chi connectivity index (χ0) is 13.8. The number of nitrogens with one attached hydrogen (secondary N) is 1. The van der Waals surface area contributed by atoms with E-state index in [0.29, 0.717) is 24.0 Å². The van der Waals surface area contributed by atoms with Crippen LogP contribution in [0.1, 0.15) is 45.9 Å². The van der Waals surface area contributed by atoms with Gasteiger partial charge < -0.3 is 5.32 Å². The molecule has 0 amide bonds. The molecule has 1 N–H and O–H groups in total. The van der Waals surface area contributed by atoms with Crippen molar-refractivity contribution in [1.29, 1.82) is 0 Å². The molecule has 19 heavy (non-hydrogen) atoms. The monoisotopic (exact) mass is 261 g/mol. The normalized spacial score (nSPS) is 30.2. The van der Waals surface area contributed by atoms with Gasteiger partial charge in [-0.25, -0.2) is 0 Å². The standard InChI is InChI=1S/C16H27N3/c1-5-17-15-9-11-19(13(3)12(15)2)14(4)16-8-6-7-10-18-16/h6-8,10,12-15,17H,5,9,11H2,1-4H3. The van der Waals surface area contributed by atoms with Crippen LogP contribution in [0.5, 0.6) is 0 Å². The third-order valence-corrected chi connectivity index (χ3v) is 4.70. The summed E-state index contributed by atoms with van der Waals surface area (Å²) in [6, 6.07) is 7.86. The van der Waals surface area contributed by atoms with Gasteiger partial charge in [0.25, 0.3) is 0 Å². The van der Waals surface area contributed by atoms with E-state index in [1.54, 1.807) is 0 Å². The molecule has 4 atom stereocenters.